The van der Waals surface area contributed by atoms with E-state index in [0.717, 1.165) is 6.07 Å². The molecule has 5 nitrogen and oxygen atoms in total. The summed E-state index contributed by atoms with van der Waals surface area (Å²) in [6, 6.07) is 6.63. The summed E-state index contributed by atoms with van der Waals surface area (Å²) < 4.78 is 45.5. The quantitative estimate of drug-likeness (QED) is 0.790. The fraction of sp³-hybridized carbons (Fsp3) is 0.278. The second kappa shape index (κ2) is 7.96. The fourth-order valence-corrected chi connectivity index (χ4v) is 3.11. The lowest BCUT2D eigenvalue weighted by atomic mass is 10.2. The Kier molecular flexibility index (Phi) is 5.65. The van der Waals surface area contributed by atoms with E-state index in [1.165, 1.54) is 13.2 Å². The van der Waals surface area contributed by atoms with Crippen molar-refractivity contribution in [3.05, 3.63) is 52.8 Å². The standard InChI is InChI=1S/C18H17ClF3N3O2/c1-27-15-5-2-11(10-12(15)19)23-18(26)25-8-6-24(7-9-25)14-4-3-13(20)16(21)17(14)22/h2-5,10H,6-9H2,1H3,(H,23,26). The molecular formula is C18H17ClF3N3O2. The van der Waals surface area contributed by atoms with E-state index in [1.807, 2.05) is 0 Å². The van der Waals surface area contributed by atoms with Crippen LogP contribution < -0.4 is 15.0 Å². The van der Waals surface area contributed by atoms with Crippen LogP contribution in [-0.4, -0.2) is 44.2 Å². The molecule has 1 heterocycles. The summed E-state index contributed by atoms with van der Waals surface area (Å²) in [4.78, 5) is 15.5. The Balaban J connectivity index is 1.61. The van der Waals surface area contributed by atoms with Gasteiger partial charge in [-0.25, -0.2) is 18.0 Å². The van der Waals surface area contributed by atoms with Crippen LogP contribution in [-0.2, 0) is 0 Å². The van der Waals surface area contributed by atoms with Gasteiger partial charge in [-0.3, -0.25) is 0 Å². The number of hydrogen-bond acceptors (Lipinski definition) is 3. The molecule has 0 unspecified atom stereocenters. The molecule has 0 aliphatic carbocycles. The van der Waals surface area contributed by atoms with Gasteiger partial charge in [0.05, 0.1) is 17.8 Å². The molecule has 0 atom stereocenters. The number of benzene rings is 2. The van der Waals surface area contributed by atoms with Crippen LogP contribution in [0.5, 0.6) is 5.75 Å². The molecule has 0 bridgehead atoms. The largest absolute Gasteiger partial charge is 0.495 e. The van der Waals surface area contributed by atoms with E-state index in [0.29, 0.717) is 42.6 Å². The Bertz CT molecular complexity index is 858. The number of ether oxygens (including phenoxy) is 1. The van der Waals surface area contributed by atoms with Crippen molar-refractivity contribution < 1.29 is 22.7 Å². The van der Waals surface area contributed by atoms with Crippen LogP contribution in [0.3, 0.4) is 0 Å². The van der Waals surface area contributed by atoms with E-state index in [-0.39, 0.29) is 11.7 Å². The van der Waals surface area contributed by atoms with Gasteiger partial charge in [0.1, 0.15) is 5.75 Å². The third-order valence-corrected chi connectivity index (χ3v) is 4.62. The fourth-order valence-electron chi connectivity index (χ4n) is 2.86. The third kappa shape index (κ3) is 4.05. The number of carbonyl (C=O) groups excluding carboxylic acids is 1. The molecule has 0 saturated carbocycles. The van der Waals surface area contributed by atoms with Crippen LogP contribution >= 0.6 is 11.6 Å². The molecule has 144 valence electrons. The van der Waals surface area contributed by atoms with Crippen molar-refractivity contribution in [2.24, 2.45) is 0 Å². The van der Waals surface area contributed by atoms with Crippen LogP contribution in [0.2, 0.25) is 5.02 Å². The minimum Gasteiger partial charge on any atom is -0.495 e. The number of urea groups is 1. The SMILES string of the molecule is COc1ccc(NC(=O)N2CCN(c3ccc(F)c(F)c3F)CC2)cc1Cl. The second-order valence-electron chi connectivity index (χ2n) is 5.95. The smallest absolute Gasteiger partial charge is 0.321 e. The highest BCUT2D eigenvalue weighted by atomic mass is 35.5. The zero-order chi connectivity index (χ0) is 19.6. The normalized spacial score (nSPS) is 14.3. The minimum absolute atomic E-state index is 0.0177. The maximum atomic E-state index is 13.9. The Morgan fingerprint density at radius 1 is 1.07 bits per heavy atom. The van der Waals surface area contributed by atoms with Crippen LogP contribution in [0.25, 0.3) is 0 Å². The Morgan fingerprint density at radius 2 is 1.78 bits per heavy atom. The first-order valence-electron chi connectivity index (χ1n) is 8.18. The molecule has 0 radical (unpaired) electrons. The number of methoxy groups -OCH3 is 1. The molecule has 2 amide bonds. The molecule has 0 aromatic heterocycles. The minimum atomic E-state index is -1.50. The number of carbonyl (C=O) groups is 1. The Labute approximate surface area is 159 Å². The predicted octanol–water partition coefficient (Wildman–Crippen LogP) is 4.12. The molecular weight excluding hydrogens is 383 g/mol. The van der Waals surface area contributed by atoms with Crippen molar-refractivity contribution in [3.63, 3.8) is 0 Å². The van der Waals surface area contributed by atoms with Gasteiger partial charge in [0.2, 0.25) is 0 Å². The zero-order valence-electron chi connectivity index (χ0n) is 14.4. The molecule has 1 fully saturated rings. The zero-order valence-corrected chi connectivity index (χ0v) is 15.2. The van der Waals surface area contributed by atoms with Gasteiger partial charge in [-0.05, 0) is 30.3 Å². The topological polar surface area (TPSA) is 44.8 Å². The van der Waals surface area contributed by atoms with Crippen molar-refractivity contribution in [2.45, 2.75) is 0 Å². The number of hydrogen-bond donors (Lipinski definition) is 1. The lowest BCUT2D eigenvalue weighted by Crippen LogP contribution is -2.50. The molecule has 9 heteroatoms. The van der Waals surface area contributed by atoms with E-state index < -0.39 is 17.5 Å². The van der Waals surface area contributed by atoms with Crippen molar-refractivity contribution in [2.75, 3.05) is 43.5 Å². The number of piperazine rings is 1. The molecule has 3 rings (SSSR count). The van der Waals surface area contributed by atoms with Crippen molar-refractivity contribution in [1.29, 1.82) is 0 Å². The highest BCUT2D eigenvalue weighted by molar-refractivity contribution is 6.32. The number of halogens is 4. The van der Waals surface area contributed by atoms with E-state index in [2.05, 4.69) is 5.32 Å². The summed E-state index contributed by atoms with van der Waals surface area (Å²) in [5, 5.41) is 3.10. The van der Waals surface area contributed by atoms with Gasteiger partial charge in [0, 0.05) is 31.9 Å². The molecule has 1 aliphatic rings. The van der Waals surface area contributed by atoms with Crippen molar-refractivity contribution >= 4 is 29.0 Å². The summed E-state index contributed by atoms with van der Waals surface area (Å²) in [5.74, 6) is -3.45. The molecule has 0 spiro atoms. The summed E-state index contributed by atoms with van der Waals surface area (Å²) in [6.45, 7) is 1.18. The maximum absolute atomic E-state index is 13.9. The van der Waals surface area contributed by atoms with E-state index >= 15 is 0 Å². The van der Waals surface area contributed by atoms with Gasteiger partial charge in [-0.1, -0.05) is 11.6 Å². The number of rotatable bonds is 3. The van der Waals surface area contributed by atoms with Crippen molar-refractivity contribution in [3.8, 4) is 5.75 Å². The molecule has 1 aliphatic heterocycles. The average Bonchev–Trinajstić information content (AvgIpc) is 2.66. The first kappa shape index (κ1) is 19.2. The Hall–Kier alpha value is -2.61. The monoisotopic (exact) mass is 399 g/mol. The van der Waals surface area contributed by atoms with Gasteiger partial charge in [-0.2, -0.15) is 0 Å². The lowest BCUT2D eigenvalue weighted by molar-refractivity contribution is 0.208. The second-order valence-corrected chi connectivity index (χ2v) is 6.36. The van der Waals surface area contributed by atoms with Gasteiger partial charge in [0.15, 0.2) is 17.5 Å². The van der Waals surface area contributed by atoms with Crippen LogP contribution in [0.4, 0.5) is 29.3 Å². The van der Waals surface area contributed by atoms with Crippen LogP contribution in [0.1, 0.15) is 0 Å². The highest BCUT2D eigenvalue weighted by Crippen LogP contribution is 2.28. The third-order valence-electron chi connectivity index (χ3n) is 4.33. The summed E-state index contributed by atoms with van der Waals surface area (Å²) in [6.07, 6.45) is 0. The predicted molar refractivity (Wildman–Crippen MR) is 97.1 cm³/mol. The van der Waals surface area contributed by atoms with Gasteiger partial charge in [-0.15, -0.1) is 0 Å². The lowest BCUT2D eigenvalue weighted by Gasteiger charge is -2.36. The van der Waals surface area contributed by atoms with Gasteiger partial charge in [0.25, 0.3) is 0 Å². The maximum Gasteiger partial charge on any atom is 0.321 e. The first-order valence-corrected chi connectivity index (χ1v) is 8.56. The molecule has 2 aromatic rings. The first-order chi connectivity index (χ1) is 12.9. The summed E-state index contributed by atoms with van der Waals surface area (Å²) in [7, 11) is 1.49. The number of nitrogens with one attached hydrogen (secondary N) is 1. The number of anilines is 2. The highest BCUT2D eigenvalue weighted by Gasteiger charge is 2.25. The Morgan fingerprint density at radius 3 is 2.41 bits per heavy atom. The average molecular weight is 400 g/mol. The summed E-state index contributed by atoms with van der Waals surface area (Å²) in [5.41, 5.74) is 0.496. The van der Waals surface area contributed by atoms with Gasteiger partial charge >= 0.3 is 6.03 Å². The van der Waals surface area contributed by atoms with E-state index in [1.54, 1.807) is 28.0 Å². The molecule has 1 saturated heterocycles. The number of amides is 2. The van der Waals surface area contributed by atoms with Crippen LogP contribution in [0, 0.1) is 17.5 Å². The number of nitrogens with zero attached hydrogens (tertiary/aromatic N) is 2. The summed E-state index contributed by atoms with van der Waals surface area (Å²) >= 11 is 6.03. The molecule has 1 N–H and O–H groups in total. The van der Waals surface area contributed by atoms with E-state index in [4.69, 9.17) is 16.3 Å². The van der Waals surface area contributed by atoms with E-state index in [9.17, 15) is 18.0 Å². The molecule has 2 aromatic carbocycles. The molecule has 27 heavy (non-hydrogen) atoms. The van der Waals surface area contributed by atoms with Gasteiger partial charge < -0.3 is 19.9 Å². The van der Waals surface area contributed by atoms with Crippen LogP contribution in [0.15, 0.2) is 30.3 Å². The van der Waals surface area contributed by atoms with Crippen molar-refractivity contribution in [1.82, 2.24) is 4.90 Å².